The molecule has 0 aliphatic carbocycles. The molecule has 5 aromatic carbocycles. The molecule has 0 radical (unpaired) electrons. The average Bonchev–Trinajstić information content (AvgIpc) is 3.22. The molecule has 0 bridgehead atoms. The van der Waals surface area contributed by atoms with Gasteiger partial charge in [-0.2, -0.15) is 0 Å². The summed E-state index contributed by atoms with van der Waals surface area (Å²) in [7, 11) is 3.95. The van der Waals surface area contributed by atoms with E-state index in [0.29, 0.717) is 16.1 Å². The predicted octanol–water partition coefficient (Wildman–Crippen LogP) is 11.3. The Morgan fingerprint density at radius 3 is 2.02 bits per heavy atom. The van der Waals surface area contributed by atoms with E-state index in [-0.39, 0.29) is 5.56 Å². The molecular weight excluding hydrogens is 710 g/mol. The number of aromatic nitrogens is 5. The monoisotopic (exact) mass is 743 g/mol. The molecule has 4 heterocycles. The third kappa shape index (κ3) is 6.66. The lowest BCUT2D eigenvalue weighted by Crippen LogP contribution is -2.19. The first-order valence-electron chi connectivity index (χ1n) is 17.2. The number of rotatable bonds is 6. The molecule has 0 saturated heterocycles. The Hall–Kier alpha value is -5.53. The molecule has 0 aliphatic heterocycles. The minimum atomic E-state index is -0.0945. The van der Waals surface area contributed by atoms with E-state index in [9.17, 15) is 4.79 Å². The van der Waals surface area contributed by atoms with Gasteiger partial charge in [0.25, 0.3) is 5.56 Å². The molecule has 0 atom stereocenters. The van der Waals surface area contributed by atoms with Crippen molar-refractivity contribution >= 4 is 75.9 Å². The second-order valence-corrected chi connectivity index (χ2v) is 14.8. The van der Waals surface area contributed by atoms with Gasteiger partial charge in [-0.05, 0) is 64.9 Å². The summed E-state index contributed by atoms with van der Waals surface area (Å²) in [4.78, 5) is 26.7. The number of fused-ring (bicyclic) bond motifs is 6. The van der Waals surface area contributed by atoms with Gasteiger partial charge in [0.05, 0.1) is 38.2 Å². The number of nitrogens with zero attached hydrogens (tertiary/aromatic N) is 5. The molecule has 0 saturated carbocycles. The van der Waals surface area contributed by atoms with Crippen LogP contribution < -0.4 is 5.56 Å². The quantitative estimate of drug-likeness (QED) is 0.0731. The highest BCUT2D eigenvalue weighted by Crippen LogP contribution is 2.33. The summed E-state index contributed by atoms with van der Waals surface area (Å²) in [5.74, 6) is 0.893. The van der Waals surface area contributed by atoms with Crippen molar-refractivity contribution < 1.29 is 0 Å². The van der Waals surface area contributed by atoms with E-state index in [4.69, 9.17) is 0 Å². The van der Waals surface area contributed by atoms with E-state index in [1.165, 1.54) is 27.3 Å². The molecule has 0 unspecified atom stereocenters. The van der Waals surface area contributed by atoms with Crippen molar-refractivity contribution in [2.75, 3.05) is 12.0 Å². The summed E-state index contributed by atoms with van der Waals surface area (Å²) in [5, 5.41) is 7.85. The average molecular weight is 744 g/mol. The zero-order valence-corrected chi connectivity index (χ0v) is 31.7. The van der Waals surface area contributed by atoms with E-state index < -0.39 is 0 Å². The van der Waals surface area contributed by atoms with Crippen LogP contribution in [0, 0.1) is 5.07 Å². The van der Waals surface area contributed by atoms with Gasteiger partial charge in [-0.3, -0.25) is 9.36 Å². The number of para-hydroxylation sites is 2. The fourth-order valence-corrected chi connectivity index (χ4v) is 8.08. The maximum Gasteiger partial charge on any atom is 0.266 e. The molecule has 258 valence electrons. The molecule has 0 N–H and O–H groups in total. The predicted molar refractivity (Wildman–Crippen MR) is 226 cm³/mol. The van der Waals surface area contributed by atoms with Crippen molar-refractivity contribution in [3.8, 4) is 22.5 Å². The van der Waals surface area contributed by atoms with Crippen molar-refractivity contribution in [2.24, 2.45) is 0 Å². The molecule has 0 spiro atoms. The maximum absolute atomic E-state index is 13.1. The molecule has 9 heteroatoms. The second-order valence-electron chi connectivity index (χ2n) is 12.2. The molecule has 6 nitrogen and oxygen atoms in total. The Labute approximate surface area is 317 Å². The van der Waals surface area contributed by atoms with Gasteiger partial charge in [0, 0.05) is 33.7 Å². The summed E-state index contributed by atoms with van der Waals surface area (Å²) < 4.78 is 3.98. The smallest absolute Gasteiger partial charge is 0.266 e. The van der Waals surface area contributed by atoms with Crippen molar-refractivity contribution in [3.05, 3.63) is 167 Å². The maximum atomic E-state index is 13.1. The summed E-state index contributed by atoms with van der Waals surface area (Å²) in [6.07, 6.45) is 5.69. The van der Waals surface area contributed by atoms with Crippen LogP contribution in [-0.2, 0) is 0 Å². The molecule has 0 fully saturated rings. The Bertz CT molecular complexity index is 2900. The van der Waals surface area contributed by atoms with Crippen molar-refractivity contribution in [1.29, 1.82) is 0 Å². The molecule has 9 aromatic rings. The van der Waals surface area contributed by atoms with Crippen LogP contribution in [0.4, 0.5) is 0 Å². The Balaban J connectivity index is 0.000000154. The highest BCUT2D eigenvalue weighted by atomic mass is 32.2. The van der Waals surface area contributed by atoms with Crippen LogP contribution in [0.3, 0.4) is 0 Å². The fraction of sp³-hybridized carbons (Fsp3) is 0.0682. The van der Waals surface area contributed by atoms with Crippen LogP contribution in [0.25, 0.3) is 66.0 Å². The Kier molecular flexibility index (Phi) is 9.92. The SMILES string of the molecule is CCSc1ncc2c(=O)n(-c3ccccc3)c3ccccc3c2n1.CSc1cc2c3ccccc3c(=P)n(-c3cccc(-c4ccccc4)c3)c2cn1. The van der Waals surface area contributed by atoms with Gasteiger partial charge in [0.2, 0.25) is 0 Å². The molecule has 9 rings (SSSR count). The highest BCUT2D eigenvalue weighted by Gasteiger charge is 2.15. The molecule has 0 aliphatic rings. The normalized spacial score (nSPS) is 11.2. The Morgan fingerprint density at radius 1 is 0.604 bits per heavy atom. The minimum Gasteiger partial charge on any atom is -0.304 e. The van der Waals surface area contributed by atoms with Gasteiger partial charge in [0.15, 0.2) is 5.16 Å². The third-order valence-corrected chi connectivity index (χ3v) is 11.0. The van der Waals surface area contributed by atoms with Crippen LogP contribution >= 0.6 is 32.4 Å². The fourth-order valence-electron chi connectivity index (χ4n) is 6.68. The lowest BCUT2D eigenvalue weighted by atomic mass is 10.0. The van der Waals surface area contributed by atoms with Crippen LogP contribution in [0.15, 0.2) is 167 Å². The van der Waals surface area contributed by atoms with E-state index in [2.05, 4.69) is 120 Å². The van der Waals surface area contributed by atoms with Gasteiger partial charge >= 0.3 is 0 Å². The number of benzene rings is 5. The van der Waals surface area contributed by atoms with E-state index in [0.717, 1.165) is 43.6 Å². The molecular formula is C44H34N5OPS2. The van der Waals surface area contributed by atoms with E-state index >= 15 is 0 Å². The summed E-state index contributed by atoms with van der Waals surface area (Å²) in [5.41, 5.74) is 6.90. The van der Waals surface area contributed by atoms with Gasteiger partial charge in [0.1, 0.15) is 0 Å². The first kappa shape index (κ1) is 34.6. The van der Waals surface area contributed by atoms with Crippen LogP contribution in [0.5, 0.6) is 0 Å². The van der Waals surface area contributed by atoms with Crippen LogP contribution in [0.2, 0.25) is 0 Å². The standard InChI is InChI=1S/C25H19N2PS.C19H15N3OS/c1-29-24-15-22-20-12-5-6-13-21(20)25(28)27(23(22)16-26-24)19-11-7-10-18(14-19)17-8-3-2-4-9-17;1-2-24-19-20-12-15-17(21-19)14-10-6-7-11-16(14)22(18(15)23)13-8-4-3-5-9-13/h2-16,28H,1H3;3-12H,2H2,1H3. The van der Waals surface area contributed by atoms with Crippen molar-refractivity contribution in [3.63, 3.8) is 0 Å². The molecule has 0 amide bonds. The topological polar surface area (TPSA) is 65.6 Å². The van der Waals surface area contributed by atoms with Crippen LogP contribution in [-0.4, -0.2) is 36.1 Å². The van der Waals surface area contributed by atoms with Crippen molar-refractivity contribution in [1.82, 2.24) is 24.1 Å². The molecule has 53 heavy (non-hydrogen) atoms. The minimum absolute atomic E-state index is 0.0945. The zero-order valence-electron chi connectivity index (χ0n) is 29.1. The van der Waals surface area contributed by atoms with E-state index in [1.807, 2.05) is 66.9 Å². The lowest BCUT2D eigenvalue weighted by molar-refractivity contribution is 0.990. The van der Waals surface area contributed by atoms with Crippen LogP contribution in [0.1, 0.15) is 6.92 Å². The summed E-state index contributed by atoms with van der Waals surface area (Å²) in [6, 6.07) is 47.3. The van der Waals surface area contributed by atoms with Crippen molar-refractivity contribution in [2.45, 2.75) is 17.1 Å². The van der Waals surface area contributed by atoms with Gasteiger partial charge in [-0.15, -0.1) is 11.8 Å². The highest BCUT2D eigenvalue weighted by molar-refractivity contribution is 7.99. The Morgan fingerprint density at radius 2 is 1.26 bits per heavy atom. The third-order valence-electron chi connectivity index (χ3n) is 9.10. The first-order valence-corrected chi connectivity index (χ1v) is 19.9. The van der Waals surface area contributed by atoms with Gasteiger partial charge < -0.3 is 4.57 Å². The first-order chi connectivity index (χ1) is 26.1. The number of pyridine rings is 3. The van der Waals surface area contributed by atoms with Gasteiger partial charge in [-0.25, -0.2) is 15.0 Å². The lowest BCUT2D eigenvalue weighted by Gasteiger charge is -2.16. The number of thioether (sulfide) groups is 2. The molecule has 4 aromatic heterocycles. The van der Waals surface area contributed by atoms with E-state index in [1.54, 1.807) is 34.3 Å². The summed E-state index contributed by atoms with van der Waals surface area (Å²) in [6.45, 7) is 2.06. The van der Waals surface area contributed by atoms with Gasteiger partial charge in [-0.1, -0.05) is 131 Å². The number of hydrogen-bond donors (Lipinski definition) is 0. The summed E-state index contributed by atoms with van der Waals surface area (Å²) >= 11 is 3.24. The zero-order chi connectivity index (χ0) is 36.3. The second kappa shape index (κ2) is 15.2. The largest absolute Gasteiger partial charge is 0.304 e. The number of hydrogen-bond acceptors (Lipinski definition) is 6.